The fraction of sp³-hybridized carbons (Fsp3) is 0.286. The maximum absolute atomic E-state index is 8.99. The number of hydrogen-bond donors (Lipinski definition) is 1. The zero-order valence-electron chi connectivity index (χ0n) is 11.5. The van der Waals surface area contributed by atoms with Gasteiger partial charge in [0.2, 0.25) is 0 Å². The van der Waals surface area contributed by atoms with Crippen molar-refractivity contribution in [3.63, 3.8) is 0 Å². The van der Waals surface area contributed by atoms with E-state index in [1.807, 2.05) is 54.2 Å². The molecule has 106 valence electrons. The van der Waals surface area contributed by atoms with Crippen LogP contribution in [0.25, 0.3) is 0 Å². The van der Waals surface area contributed by atoms with Crippen LogP contribution in [-0.4, -0.2) is 42.3 Å². The molecule has 0 aliphatic rings. The maximum Gasteiger partial charge on any atom is 0.138 e. The zero-order valence-corrected chi connectivity index (χ0v) is 13.1. The Morgan fingerprint density at radius 3 is 2.55 bits per heavy atom. The summed E-state index contributed by atoms with van der Waals surface area (Å²) in [5, 5.41) is 8.99. The molecule has 5 nitrogen and oxygen atoms in total. The topological polar surface area (TPSA) is 52.5 Å². The SMILES string of the molecule is CN(CCO)c1cc(N(C)c2ccccc2Br)ncn1. The molecule has 0 saturated heterocycles. The highest BCUT2D eigenvalue weighted by molar-refractivity contribution is 9.10. The Hall–Kier alpha value is -1.66. The summed E-state index contributed by atoms with van der Waals surface area (Å²) in [6.45, 7) is 0.630. The van der Waals surface area contributed by atoms with Crippen molar-refractivity contribution in [3.05, 3.63) is 41.1 Å². The monoisotopic (exact) mass is 336 g/mol. The summed E-state index contributed by atoms with van der Waals surface area (Å²) in [5.74, 6) is 1.58. The summed E-state index contributed by atoms with van der Waals surface area (Å²) in [4.78, 5) is 12.4. The fourth-order valence-electron chi connectivity index (χ4n) is 1.84. The van der Waals surface area contributed by atoms with E-state index in [0.717, 1.165) is 21.8 Å². The van der Waals surface area contributed by atoms with Crippen molar-refractivity contribution in [1.82, 2.24) is 9.97 Å². The quantitative estimate of drug-likeness (QED) is 0.908. The minimum atomic E-state index is 0.0932. The van der Waals surface area contributed by atoms with Crippen molar-refractivity contribution in [2.75, 3.05) is 37.0 Å². The molecule has 0 spiro atoms. The van der Waals surface area contributed by atoms with Crippen LogP contribution in [0, 0.1) is 0 Å². The summed E-state index contributed by atoms with van der Waals surface area (Å²) in [6, 6.07) is 9.86. The number of aromatic nitrogens is 2. The van der Waals surface area contributed by atoms with Gasteiger partial charge in [0, 0.05) is 31.2 Å². The van der Waals surface area contributed by atoms with Crippen LogP contribution in [0.15, 0.2) is 41.1 Å². The standard InChI is InChI=1S/C14H17BrN4O/c1-18(7-8-20)13-9-14(17-10-16-13)19(2)12-6-4-3-5-11(12)15/h3-6,9-10,20H,7-8H2,1-2H3. The molecule has 0 unspecified atom stereocenters. The zero-order chi connectivity index (χ0) is 14.5. The molecule has 0 atom stereocenters. The van der Waals surface area contributed by atoms with Crippen LogP contribution in [0.1, 0.15) is 0 Å². The van der Waals surface area contributed by atoms with Crippen LogP contribution in [0.3, 0.4) is 0 Å². The Morgan fingerprint density at radius 2 is 1.85 bits per heavy atom. The summed E-state index contributed by atoms with van der Waals surface area (Å²) < 4.78 is 1.01. The lowest BCUT2D eigenvalue weighted by molar-refractivity contribution is 0.304. The minimum absolute atomic E-state index is 0.0932. The first-order valence-electron chi connectivity index (χ1n) is 6.25. The molecule has 2 aromatic rings. The van der Waals surface area contributed by atoms with E-state index in [9.17, 15) is 0 Å². The maximum atomic E-state index is 8.99. The highest BCUT2D eigenvalue weighted by Crippen LogP contribution is 2.30. The lowest BCUT2D eigenvalue weighted by atomic mass is 10.3. The van der Waals surface area contributed by atoms with Crippen molar-refractivity contribution >= 4 is 33.3 Å². The third kappa shape index (κ3) is 3.26. The van der Waals surface area contributed by atoms with Crippen LogP contribution >= 0.6 is 15.9 Å². The van der Waals surface area contributed by atoms with Gasteiger partial charge in [-0.25, -0.2) is 9.97 Å². The number of likely N-dealkylation sites (N-methyl/N-ethyl adjacent to an activating group) is 1. The van der Waals surface area contributed by atoms with Gasteiger partial charge in [0.1, 0.15) is 18.0 Å². The molecule has 0 amide bonds. The predicted octanol–water partition coefficient (Wildman–Crippen LogP) is 2.44. The van der Waals surface area contributed by atoms with Gasteiger partial charge in [-0.15, -0.1) is 0 Å². The van der Waals surface area contributed by atoms with E-state index < -0.39 is 0 Å². The van der Waals surface area contributed by atoms with Crippen molar-refractivity contribution in [2.24, 2.45) is 0 Å². The Morgan fingerprint density at radius 1 is 1.15 bits per heavy atom. The molecule has 1 aromatic heterocycles. The van der Waals surface area contributed by atoms with Crippen LogP contribution in [-0.2, 0) is 0 Å². The molecule has 0 radical (unpaired) electrons. The van der Waals surface area contributed by atoms with Crippen molar-refractivity contribution in [2.45, 2.75) is 0 Å². The molecule has 1 aromatic carbocycles. The van der Waals surface area contributed by atoms with E-state index in [-0.39, 0.29) is 6.61 Å². The second-order valence-electron chi connectivity index (χ2n) is 4.39. The Bertz CT molecular complexity index is 579. The molecular weight excluding hydrogens is 320 g/mol. The van der Waals surface area contributed by atoms with Crippen LogP contribution in [0.4, 0.5) is 17.3 Å². The van der Waals surface area contributed by atoms with Gasteiger partial charge in [-0.3, -0.25) is 0 Å². The third-order valence-electron chi connectivity index (χ3n) is 3.02. The summed E-state index contributed by atoms with van der Waals surface area (Å²) in [7, 11) is 3.85. The molecule has 0 aliphatic carbocycles. The van der Waals surface area contributed by atoms with E-state index in [1.54, 1.807) is 0 Å². The lowest BCUT2D eigenvalue weighted by Crippen LogP contribution is -2.23. The first kappa shape index (κ1) is 14.7. The van der Waals surface area contributed by atoms with Crippen molar-refractivity contribution in [1.29, 1.82) is 0 Å². The molecule has 0 saturated carbocycles. The van der Waals surface area contributed by atoms with Gasteiger partial charge in [0.15, 0.2) is 0 Å². The molecule has 0 bridgehead atoms. The molecular formula is C14H17BrN4O. The van der Waals surface area contributed by atoms with Gasteiger partial charge in [0.25, 0.3) is 0 Å². The average Bonchev–Trinajstić information content (AvgIpc) is 2.47. The molecule has 1 N–H and O–H groups in total. The molecule has 6 heteroatoms. The minimum Gasteiger partial charge on any atom is -0.395 e. The van der Waals surface area contributed by atoms with Gasteiger partial charge in [-0.05, 0) is 28.1 Å². The van der Waals surface area contributed by atoms with Gasteiger partial charge in [0.05, 0.1) is 12.3 Å². The second kappa shape index (κ2) is 6.67. The van der Waals surface area contributed by atoms with Crippen molar-refractivity contribution < 1.29 is 5.11 Å². The number of hydrogen-bond acceptors (Lipinski definition) is 5. The Kier molecular flexibility index (Phi) is 4.92. The summed E-state index contributed by atoms with van der Waals surface area (Å²) in [5.41, 5.74) is 1.03. The number of anilines is 3. The van der Waals surface area contributed by atoms with E-state index in [2.05, 4.69) is 25.9 Å². The number of rotatable bonds is 5. The average molecular weight is 337 g/mol. The lowest BCUT2D eigenvalue weighted by Gasteiger charge is -2.22. The highest BCUT2D eigenvalue weighted by atomic mass is 79.9. The van der Waals surface area contributed by atoms with Crippen LogP contribution in [0.2, 0.25) is 0 Å². The predicted molar refractivity (Wildman–Crippen MR) is 84.6 cm³/mol. The highest BCUT2D eigenvalue weighted by Gasteiger charge is 2.11. The van der Waals surface area contributed by atoms with E-state index in [0.29, 0.717) is 6.54 Å². The van der Waals surface area contributed by atoms with Crippen LogP contribution < -0.4 is 9.80 Å². The first-order valence-corrected chi connectivity index (χ1v) is 7.05. The summed E-state index contributed by atoms with van der Waals surface area (Å²) in [6.07, 6.45) is 1.53. The Labute approximate surface area is 127 Å². The van der Waals surface area contributed by atoms with Gasteiger partial charge >= 0.3 is 0 Å². The number of halogens is 1. The Balaban J connectivity index is 2.29. The van der Waals surface area contributed by atoms with E-state index >= 15 is 0 Å². The normalized spacial score (nSPS) is 10.4. The van der Waals surface area contributed by atoms with E-state index in [1.165, 1.54) is 6.33 Å². The smallest absolute Gasteiger partial charge is 0.138 e. The van der Waals surface area contributed by atoms with E-state index in [4.69, 9.17) is 5.11 Å². The second-order valence-corrected chi connectivity index (χ2v) is 5.24. The number of aliphatic hydroxyl groups is 1. The number of nitrogens with zero attached hydrogens (tertiary/aromatic N) is 4. The van der Waals surface area contributed by atoms with Gasteiger partial charge in [-0.1, -0.05) is 12.1 Å². The molecule has 20 heavy (non-hydrogen) atoms. The molecule has 1 heterocycles. The molecule has 0 fully saturated rings. The van der Waals surface area contributed by atoms with Crippen molar-refractivity contribution in [3.8, 4) is 0 Å². The molecule has 2 rings (SSSR count). The van der Waals surface area contributed by atoms with Crippen LogP contribution in [0.5, 0.6) is 0 Å². The van der Waals surface area contributed by atoms with Gasteiger partial charge in [-0.2, -0.15) is 0 Å². The third-order valence-corrected chi connectivity index (χ3v) is 3.69. The fourth-order valence-corrected chi connectivity index (χ4v) is 2.39. The molecule has 0 aliphatic heterocycles. The van der Waals surface area contributed by atoms with Gasteiger partial charge < -0.3 is 14.9 Å². The number of para-hydroxylation sites is 1. The summed E-state index contributed by atoms with van der Waals surface area (Å²) >= 11 is 3.54. The first-order chi connectivity index (χ1) is 9.63. The number of benzene rings is 1. The largest absolute Gasteiger partial charge is 0.395 e. The number of aliphatic hydroxyl groups excluding tert-OH is 1.